The van der Waals surface area contributed by atoms with E-state index in [1.807, 2.05) is 37.3 Å². The van der Waals surface area contributed by atoms with Gasteiger partial charge in [0.15, 0.2) is 0 Å². The lowest BCUT2D eigenvalue weighted by Gasteiger charge is -2.04. The second kappa shape index (κ2) is 13.7. The van der Waals surface area contributed by atoms with Crippen LogP contribution in [0.3, 0.4) is 0 Å². The number of hydrogen-bond acceptors (Lipinski definition) is 5. The third-order valence-corrected chi connectivity index (χ3v) is 3.10. The number of carbonyl (C=O) groups is 4. The van der Waals surface area contributed by atoms with Crippen LogP contribution in [-0.2, 0) is 25.6 Å². The highest BCUT2D eigenvalue weighted by molar-refractivity contribution is 6.15. The van der Waals surface area contributed by atoms with Gasteiger partial charge in [0.25, 0.3) is 11.8 Å². The van der Waals surface area contributed by atoms with E-state index in [2.05, 4.69) is 5.32 Å². The van der Waals surface area contributed by atoms with E-state index in [1.165, 1.54) is 12.2 Å². The average Bonchev–Trinajstić information content (AvgIpc) is 2.92. The smallest absolute Gasteiger partial charge is 0.328 e. The number of amides is 2. The van der Waals surface area contributed by atoms with Crippen LogP contribution in [0.25, 0.3) is 0 Å². The molecule has 8 nitrogen and oxygen atoms in total. The molecule has 0 fully saturated rings. The second-order valence-corrected chi connectivity index (χ2v) is 5.50. The fourth-order valence-electron chi connectivity index (χ4n) is 1.71. The third kappa shape index (κ3) is 11.9. The summed E-state index contributed by atoms with van der Waals surface area (Å²) in [5, 5.41) is 18.6. The van der Waals surface area contributed by atoms with Crippen molar-refractivity contribution in [1.82, 2.24) is 5.32 Å². The van der Waals surface area contributed by atoms with Gasteiger partial charge >= 0.3 is 11.9 Å². The molecule has 8 heteroatoms. The van der Waals surface area contributed by atoms with E-state index in [4.69, 9.17) is 15.9 Å². The van der Waals surface area contributed by atoms with Gasteiger partial charge in [-0.2, -0.15) is 0 Å². The summed E-state index contributed by atoms with van der Waals surface area (Å²) in [7, 11) is 0. The first-order valence-electron chi connectivity index (χ1n) is 8.25. The van der Waals surface area contributed by atoms with Crippen molar-refractivity contribution in [2.75, 3.05) is 0 Å². The Bertz CT molecular complexity index is 766. The van der Waals surface area contributed by atoms with Crippen LogP contribution in [-0.4, -0.2) is 40.0 Å². The molecule has 1 heterocycles. The minimum atomic E-state index is -0.959. The predicted molar refractivity (Wildman–Crippen MR) is 104 cm³/mol. The summed E-state index contributed by atoms with van der Waals surface area (Å²) in [5.74, 6) is -2.47. The molecule has 150 valence electrons. The van der Waals surface area contributed by atoms with Gasteiger partial charge in [-0.25, -0.2) is 4.79 Å². The number of nitrogens with one attached hydrogen (secondary N) is 1. The van der Waals surface area contributed by atoms with Crippen LogP contribution in [0.4, 0.5) is 0 Å². The number of rotatable bonds is 5. The largest absolute Gasteiger partial charge is 0.480 e. The molecule has 2 amide bonds. The van der Waals surface area contributed by atoms with Crippen molar-refractivity contribution in [3.63, 3.8) is 0 Å². The highest BCUT2D eigenvalue weighted by atomic mass is 16.4. The summed E-state index contributed by atoms with van der Waals surface area (Å²) in [5.41, 5.74) is 6.78. The van der Waals surface area contributed by atoms with Gasteiger partial charge in [0.2, 0.25) is 0 Å². The van der Waals surface area contributed by atoms with Crippen molar-refractivity contribution in [2.45, 2.75) is 26.3 Å². The molecule has 0 aromatic heterocycles. The van der Waals surface area contributed by atoms with Crippen LogP contribution in [0, 0.1) is 0 Å². The Morgan fingerprint density at radius 1 is 1.14 bits per heavy atom. The first kappa shape index (κ1) is 24.5. The summed E-state index contributed by atoms with van der Waals surface area (Å²) >= 11 is 0. The van der Waals surface area contributed by atoms with Crippen molar-refractivity contribution in [3.05, 3.63) is 71.8 Å². The number of aliphatic carboxylic acids is 2. The maximum atomic E-state index is 10.4. The third-order valence-electron chi connectivity index (χ3n) is 3.10. The van der Waals surface area contributed by atoms with Crippen molar-refractivity contribution in [3.8, 4) is 0 Å². The van der Waals surface area contributed by atoms with E-state index in [9.17, 15) is 19.2 Å². The zero-order valence-corrected chi connectivity index (χ0v) is 15.7. The molecular formula is C20H24N2O6. The fourth-order valence-corrected chi connectivity index (χ4v) is 1.71. The van der Waals surface area contributed by atoms with Gasteiger partial charge in [0.05, 0.1) is 0 Å². The molecule has 0 saturated carbocycles. The summed E-state index contributed by atoms with van der Waals surface area (Å²) in [4.78, 5) is 40.8. The van der Waals surface area contributed by atoms with Crippen molar-refractivity contribution in [1.29, 1.82) is 0 Å². The van der Waals surface area contributed by atoms with E-state index in [1.54, 1.807) is 19.1 Å². The zero-order chi connectivity index (χ0) is 21.5. The van der Waals surface area contributed by atoms with Gasteiger partial charge in [0.1, 0.15) is 6.04 Å². The molecule has 0 bridgehead atoms. The molecule has 1 aromatic carbocycles. The van der Waals surface area contributed by atoms with Gasteiger partial charge in [-0.15, -0.1) is 0 Å². The molecule has 1 aromatic rings. The van der Waals surface area contributed by atoms with E-state index in [-0.39, 0.29) is 11.8 Å². The number of carbonyl (C=O) groups excluding carboxylic acids is 2. The molecule has 5 N–H and O–H groups in total. The minimum absolute atomic E-state index is 0.282. The highest BCUT2D eigenvalue weighted by Gasteiger charge is 2.15. The number of imide groups is 1. The van der Waals surface area contributed by atoms with Crippen LogP contribution < -0.4 is 11.1 Å². The zero-order valence-electron chi connectivity index (χ0n) is 15.7. The molecule has 1 atom stereocenters. The second-order valence-electron chi connectivity index (χ2n) is 5.50. The molecule has 1 aliphatic heterocycles. The lowest BCUT2D eigenvalue weighted by Crippen LogP contribution is -2.32. The van der Waals surface area contributed by atoms with Crippen LogP contribution >= 0.6 is 0 Å². The summed E-state index contributed by atoms with van der Waals surface area (Å²) in [6, 6.07) is 8.54. The van der Waals surface area contributed by atoms with Crippen molar-refractivity contribution >= 4 is 23.8 Å². The minimum Gasteiger partial charge on any atom is -0.480 e. The normalized spacial score (nSPS) is 13.8. The van der Waals surface area contributed by atoms with E-state index >= 15 is 0 Å². The topological polar surface area (TPSA) is 147 Å². The molecule has 0 radical (unpaired) electrons. The Morgan fingerprint density at radius 2 is 1.75 bits per heavy atom. The predicted octanol–water partition coefficient (Wildman–Crippen LogP) is 1.43. The maximum Gasteiger partial charge on any atom is 0.328 e. The summed E-state index contributed by atoms with van der Waals surface area (Å²) in [6.07, 6.45) is 7.65. The molecule has 0 unspecified atom stereocenters. The number of nitrogens with two attached hydrogens (primary N) is 1. The van der Waals surface area contributed by atoms with Gasteiger partial charge in [-0.1, -0.05) is 48.6 Å². The Balaban J connectivity index is 0.000000405. The number of carboxylic acids is 2. The summed E-state index contributed by atoms with van der Waals surface area (Å²) in [6.45, 7) is 3.42. The number of allylic oxidation sites excluding steroid dienone is 3. The molecular weight excluding hydrogens is 364 g/mol. The van der Waals surface area contributed by atoms with Crippen LogP contribution in [0.15, 0.2) is 66.3 Å². The SMILES string of the molecule is CC1=CC(=O)NC1=O.CC=CC=CC(=O)O.N[C@@H](Cc1ccccc1)C(=O)O. The Hall–Kier alpha value is -3.52. The Labute approximate surface area is 163 Å². The van der Waals surface area contributed by atoms with Crippen molar-refractivity contribution in [2.24, 2.45) is 5.73 Å². The van der Waals surface area contributed by atoms with Gasteiger partial charge < -0.3 is 15.9 Å². The lowest BCUT2D eigenvalue weighted by atomic mass is 10.1. The van der Waals surface area contributed by atoms with E-state index < -0.39 is 18.0 Å². The maximum absolute atomic E-state index is 10.4. The quantitative estimate of drug-likeness (QED) is 0.339. The fraction of sp³-hybridized carbons (Fsp3) is 0.200. The molecule has 28 heavy (non-hydrogen) atoms. The Morgan fingerprint density at radius 3 is 2.11 bits per heavy atom. The molecule has 1 aliphatic rings. The number of benzene rings is 1. The summed E-state index contributed by atoms with van der Waals surface area (Å²) < 4.78 is 0. The number of carboxylic acid groups (broad SMARTS) is 2. The van der Waals surface area contributed by atoms with Gasteiger partial charge in [-0.05, 0) is 25.8 Å². The van der Waals surface area contributed by atoms with Crippen LogP contribution in [0.5, 0.6) is 0 Å². The van der Waals surface area contributed by atoms with E-state index in [0.29, 0.717) is 12.0 Å². The van der Waals surface area contributed by atoms with Crippen LogP contribution in [0.1, 0.15) is 19.4 Å². The molecule has 2 rings (SSSR count). The first-order chi connectivity index (χ1) is 13.2. The monoisotopic (exact) mass is 388 g/mol. The average molecular weight is 388 g/mol. The lowest BCUT2D eigenvalue weighted by molar-refractivity contribution is -0.138. The van der Waals surface area contributed by atoms with E-state index in [0.717, 1.165) is 11.6 Å². The van der Waals surface area contributed by atoms with Crippen molar-refractivity contribution < 1.29 is 29.4 Å². The standard InChI is InChI=1S/C9H11NO2.C6H8O2.C5H5NO2/c10-8(9(11)12)6-7-4-2-1-3-5-7;1-2-3-4-5-6(7)8;1-3-2-4(7)6-5(3)8/h1-5,8H,6,10H2,(H,11,12);2-5H,1H3,(H,7,8);2H,1H3,(H,6,7,8)/t8-;;/m0../s1. The molecule has 0 saturated heterocycles. The molecule has 0 aliphatic carbocycles. The number of hydrogen-bond donors (Lipinski definition) is 4. The highest BCUT2D eigenvalue weighted by Crippen LogP contribution is 2.01. The van der Waals surface area contributed by atoms with Crippen LogP contribution in [0.2, 0.25) is 0 Å². The first-order valence-corrected chi connectivity index (χ1v) is 8.25. The Kier molecular flexibility index (Phi) is 11.9. The van der Waals surface area contributed by atoms with Gasteiger partial charge in [0, 0.05) is 17.7 Å². The molecule has 0 spiro atoms. The van der Waals surface area contributed by atoms with Gasteiger partial charge in [-0.3, -0.25) is 19.7 Å².